The Labute approximate surface area is 211 Å². The molecule has 168 valence electrons. The van der Waals surface area contributed by atoms with E-state index in [9.17, 15) is 9.59 Å². The number of para-hydroxylation sites is 2. The summed E-state index contributed by atoms with van der Waals surface area (Å²) < 4.78 is 8.70. The quantitative estimate of drug-likeness (QED) is 0.211. The molecule has 1 fully saturated rings. The number of aryl methyl sites for hydroxylation is 2. The molecule has 6 nitrogen and oxygen atoms in total. The molecule has 0 atom stereocenters. The number of thiocarbonyl (C=S) groups is 1. The van der Waals surface area contributed by atoms with Gasteiger partial charge in [0.05, 0.1) is 12.8 Å². The summed E-state index contributed by atoms with van der Waals surface area (Å²) in [7, 11) is 1.52. The third-order valence-corrected chi connectivity index (χ3v) is 7.09. The third kappa shape index (κ3) is 4.20. The van der Waals surface area contributed by atoms with Crippen molar-refractivity contribution in [1.29, 1.82) is 0 Å². The van der Waals surface area contributed by atoms with Gasteiger partial charge in [-0.25, -0.2) is 4.90 Å². The van der Waals surface area contributed by atoms with Gasteiger partial charge in [0.2, 0.25) is 0 Å². The van der Waals surface area contributed by atoms with Crippen molar-refractivity contribution in [2.45, 2.75) is 20.8 Å². The standard InChI is InChI=1S/C25H22IN3O3S/c1-14-11-18(9-10-20(14)26)28-15(2)12-17(16(28)3)13-19-23(30)27-25(33)29(24(19)31)21-7-5-6-8-22(21)32-4/h5-13H,1-4H3,(H,27,30,33)/b19-13-. The van der Waals surface area contributed by atoms with Crippen molar-refractivity contribution in [3.05, 3.63) is 80.2 Å². The molecule has 2 heterocycles. The Kier molecular flexibility index (Phi) is 6.40. The van der Waals surface area contributed by atoms with Gasteiger partial charge in [0, 0.05) is 20.6 Å². The maximum absolute atomic E-state index is 13.4. The minimum atomic E-state index is -0.522. The molecule has 2 amide bonds. The molecule has 3 aromatic rings. The molecule has 2 aromatic carbocycles. The van der Waals surface area contributed by atoms with Crippen molar-refractivity contribution in [2.75, 3.05) is 12.0 Å². The smallest absolute Gasteiger partial charge is 0.270 e. The highest BCUT2D eigenvalue weighted by Crippen LogP contribution is 2.31. The van der Waals surface area contributed by atoms with Gasteiger partial charge in [-0.2, -0.15) is 0 Å². The highest BCUT2D eigenvalue weighted by atomic mass is 127. The Morgan fingerprint density at radius 1 is 1.06 bits per heavy atom. The third-order valence-electron chi connectivity index (χ3n) is 5.60. The molecule has 0 saturated carbocycles. The summed E-state index contributed by atoms with van der Waals surface area (Å²) in [6, 6.07) is 15.3. The van der Waals surface area contributed by atoms with Crippen molar-refractivity contribution in [1.82, 2.24) is 9.88 Å². The molecule has 0 spiro atoms. The van der Waals surface area contributed by atoms with Gasteiger partial charge >= 0.3 is 0 Å². The van der Waals surface area contributed by atoms with Crippen LogP contribution in [0.25, 0.3) is 11.8 Å². The molecule has 1 aromatic heterocycles. The van der Waals surface area contributed by atoms with Crippen LogP contribution in [-0.4, -0.2) is 28.6 Å². The first-order valence-electron chi connectivity index (χ1n) is 10.2. The molecule has 1 saturated heterocycles. The second-order valence-corrected chi connectivity index (χ2v) is 9.27. The monoisotopic (exact) mass is 571 g/mol. The minimum absolute atomic E-state index is 0.00791. The van der Waals surface area contributed by atoms with Crippen molar-refractivity contribution in [3.8, 4) is 11.4 Å². The van der Waals surface area contributed by atoms with E-state index >= 15 is 0 Å². The highest BCUT2D eigenvalue weighted by molar-refractivity contribution is 14.1. The predicted octanol–water partition coefficient (Wildman–Crippen LogP) is 4.85. The zero-order valence-corrected chi connectivity index (χ0v) is 21.6. The van der Waals surface area contributed by atoms with Crippen LogP contribution in [0.5, 0.6) is 5.75 Å². The van der Waals surface area contributed by atoms with Gasteiger partial charge in [0.15, 0.2) is 5.11 Å². The lowest BCUT2D eigenvalue weighted by Crippen LogP contribution is -2.54. The van der Waals surface area contributed by atoms with Crippen LogP contribution >= 0.6 is 34.8 Å². The van der Waals surface area contributed by atoms with E-state index < -0.39 is 11.8 Å². The van der Waals surface area contributed by atoms with Gasteiger partial charge in [0.1, 0.15) is 11.3 Å². The van der Waals surface area contributed by atoms with Gasteiger partial charge in [-0.05, 0) is 109 Å². The first kappa shape index (κ1) is 23.2. The number of anilines is 1. The molecule has 4 rings (SSSR count). The Balaban J connectivity index is 1.78. The van der Waals surface area contributed by atoms with Crippen LogP contribution in [0.1, 0.15) is 22.5 Å². The number of ether oxygens (including phenoxy) is 1. The molecule has 1 aliphatic heterocycles. The first-order chi connectivity index (χ1) is 15.7. The summed E-state index contributed by atoms with van der Waals surface area (Å²) in [5.74, 6) is -0.537. The zero-order chi connectivity index (χ0) is 23.9. The van der Waals surface area contributed by atoms with Gasteiger partial charge in [-0.1, -0.05) is 12.1 Å². The minimum Gasteiger partial charge on any atom is -0.495 e. The Morgan fingerprint density at radius 3 is 2.48 bits per heavy atom. The van der Waals surface area contributed by atoms with Gasteiger partial charge < -0.3 is 9.30 Å². The second kappa shape index (κ2) is 9.11. The van der Waals surface area contributed by atoms with E-state index in [1.54, 1.807) is 30.3 Å². The average Bonchev–Trinajstić information content (AvgIpc) is 3.06. The summed E-state index contributed by atoms with van der Waals surface area (Å²) in [5.41, 5.74) is 5.41. The molecule has 8 heteroatoms. The lowest BCUT2D eigenvalue weighted by Gasteiger charge is -2.29. The lowest BCUT2D eigenvalue weighted by molar-refractivity contribution is -0.122. The maximum atomic E-state index is 13.4. The van der Waals surface area contributed by atoms with Crippen molar-refractivity contribution in [2.24, 2.45) is 0 Å². The fourth-order valence-corrected chi connectivity index (χ4v) is 4.55. The van der Waals surface area contributed by atoms with Crippen molar-refractivity contribution < 1.29 is 14.3 Å². The van der Waals surface area contributed by atoms with E-state index in [0.717, 1.165) is 22.6 Å². The number of carbonyl (C=O) groups is 2. The Bertz CT molecular complexity index is 1340. The number of aromatic nitrogens is 1. The molecule has 1 aliphatic rings. The number of hydrogen-bond acceptors (Lipinski definition) is 4. The van der Waals surface area contributed by atoms with Crippen molar-refractivity contribution >= 4 is 63.5 Å². The molecular formula is C25H22IN3O3S. The molecular weight excluding hydrogens is 549 g/mol. The number of nitrogens with one attached hydrogen (secondary N) is 1. The second-order valence-electron chi connectivity index (χ2n) is 7.73. The number of rotatable bonds is 4. The fraction of sp³-hybridized carbons (Fsp3) is 0.160. The van der Waals surface area contributed by atoms with E-state index in [1.807, 2.05) is 19.9 Å². The SMILES string of the molecule is COc1ccccc1N1C(=O)/C(=C\c2cc(C)n(-c3ccc(I)c(C)c3)c2C)C(=O)NC1=S. The molecule has 0 bridgehead atoms. The van der Waals surface area contributed by atoms with Crippen LogP contribution in [0.3, 0.4) is 0 Å². The normalized spacial score (nSPS) is 15.2. The van der Waals surface area contributed by atoms with Crippen LogP contribution in [0.4, 0.5) is 5.69 Å². The highest BCUT2D eigenvalue weighted by Gasteiger charge is 2.36. The lowest BCUT2D eigenvalue weighted by atomic mass is 10.1. The van der Waals surface area contributed by atoms with E-state index in [2.05, 4.69) is 57.6 Å². The van der Waals surface area contributed by atoms with E-state index in [-0.39, 0.29) is 10.7 Å². The van der Waals surface area contributed by atoms with E-state index in [0.29, 0.717) is 11.4 Å². The summed E-state index contributed by atoms with van der Waals surface area (Å²) in [4.78, 5) is 27.5. The molecule has 1 N–H and O–H groups in total. The largest absolute Gasteiger partial charge is 0.495 e. The molecule has 33 heavy (non-hydrogen) atoms. The van der Waals surface area contributed by atoms with Gasteiger partial charge in [-0.3, -0.25) is 14.9 Å². The van der Waals surface area contributed by atoms with Gasteiger partial charge in [0.25, 0.3) is 11.8 Å². The number of benzene rings is 2. The first-order valence-corrected chi connectivity index (χ1v) is 11.7. The summed E-state index contributed by atoms with van der Waals surface area (Å²) in [5, 5.41) is 2.65. The fourth-order valence-electron chi connectivity index (χ4n) is 3.95. The summed E-state index contributed by atoms with van der Waals surface area (Å²) >= 11 is 7.62. The number of hydrogen-bond donors (Lipinski definition) is 1. The zero-order valence-electron chi connectivity index (χ0n) is 18.6. The van der Waals surface area contributed by atoms with E-state index in [4.69, 9.17) is 17.0 Å². The Hall–Kier alpha value is -2.98. The summed E-state index contributed by atoms with van der Waals surface area (Å²) in [6.45, 7) is 6.05. The van der Waals surface area contributed by atoms with Crippen LogP contribution in [0.2, 0.25) is 0 Å². The van der Waals surface area contributed by atoms with Crippen molar-refractivity contribution in [3.63, 3.8) is 0 Å². The molecule has 0 aliphatic carbocycles. The number of methoxy groups -OCH3 is 1. The Morgan fingerprint density at radius 2 is 1.79 bits per heavy atom. The number of halogens is 1. The molecule has 0 unspecified atom stereocenters. The number of carbonyl (C=O) groups excluding carboxylic acids is 2. The van der Waals surface area contributed by atoms with E-state index in [1.165, 1.54) is 21.1 Å². The predicted molar refractivity (Wildman–Crippen MR) is 142 cm³/mol. The average molecular weight is 571 g/mol. The van der Waals surface area contributed by atoms with Crippen LogP contribution < -0.4 is 15.0 Å². The van der Waals surface area contributed by atoms with Crippen LogP contribution in [0, 0.1) is 24.3 Å². The summed E-state index contributed by atoms with van der Waals surface area (Å²) in [6.07, 6.45) is 1.63. The molecule has 0 radical (unpaired) electrons. The number of nitrogens with zero attached hydrogens (tertiary/aromatic N) is 2. The maximum Gasteiger partial charge on any atom is 0.270 e. The van der Waals surface area contributed by atoms with Crippen LogP contribution in [0.15, 0.2) is 54.1 Å². The number of amides is 2. The topological polar surface area (TPSA) is 63.6 Å². The van der Waals surface area contributed by atoms with Crippen LogP contribution in [-0.2, 0) is 9.59 Å². The van der Waals surface area contributed by atoms with Gasteiger partial charge in [-0.15, -0.1) is 0 Å².